The van der Waals surface area contributed by atoms with E-state index in [4.69, 9.17) is 25.5 Å². The topological polar surface area (TPSA) is 157 Å². The van der Waals surface area contributed by atoms with Gasteiger partial charge in [0.2, 0.25) is 11.7 Å². The number of aromatic nitrogens is 3. The molecule has 2 aliphatic heterocycles. The number of pyridine rings is 1. The second-order valence-corrected chi connectivity index (χ2v) is 14.1. The van der Waals surface area contributed by atoms with Gasteiger partial charge in [0, 0.05) is 43.4 Å². The number of carbonyl (C=O) groups excluding carboxylic acids is 2. The molecule has 272 valence electrons. The summed E-state index contributed by atoms with van der Waals surface area (Å²) in [5.74, 6) is -9.28. The lowest BCUT2D eigenvalue weighted by molar-refractivity contribution is -0.171. The lowest BCUT2D eigenvalue weighted by Crippen LogP contribution is -2.48. The zero-order valence-electron chi connectivity index (χ0n) is 28.3. The van der Waals surface area contributed by atoms with Crippen LogP contribution in [0.15, 0.2) is 40.9 Å². The van der Waals surface area contributed by atoms with E-state index in [1.165, 1.54) is 17.2 Å². The second kappa shape index (κ2) is 13.0. The van der Waals surface area contributed by atoms with E-state index in [-0.39, 0.29) is 71.4 Å². The number of benzene rings is 1. The van der Waals surface area contributed by atoms with Gasteiger partial charge in [0.1, 0.15) is 34.5 Å². The number of likely N-dealkylation sites (tertiary alicyclic amines) is 1. The van der Waals surface area contributed by atoms with Gasteiger partial charge in [-0.3, -0.25) is 0 Å². The van der Waals surface area contributed by atoms with Gasteiger partial charge in [-0.05, 0) is 39.0 Å². The molecule has 17 heteroatoms. The number of alkyl halides is 3. The van der Waals surface area contributed by atoms with Gasteiger partial charge in [-0.2, -0.15) is 8.78 Å². The third-order valence-electron chi connectivity index (χ3n) is 8.97. The molecule has 13 nitrogen and oxygen atoms in total. The summed E-state index contributed by atoms with van der Waals surface area (Å²) in [5.41, 5.74) is -2.82. The summed E-state index contributed by atoms with van der Waals surface area (Å²) in [7, 11) is 0.806. The first kappa shape index (κ1) is 35.9. The number of carbonyl (C=O) groups is 3. The molecule has 0 radical (unpaired) electrons. The van der Waals surface area contributed by atoms with Gasteiger partial charge in [-0.1, -0.05) is 30.7 Å². The minimum absolute atomic E-state index is 0.00141. The van der Waals surface area contributed by atoms with Gasteiger partial charge < -0.3 is 33.5 Å². The van der Waals surface area contributed by atoms with E-state index in [2.05, 4.69) is 19.7 Å². The van der Waals surface area contributed by atoms with Crippen LogP contribution >= 0.6 is 11.6 Å². The van der Waals surface area contributed by atoms with Crippen molar-refractivity contribution in [3.05, 3.63) is 52.9 Å². The molecule has 0 aliphatic carbocycles. The number of amides is 1. The number of anilines is 1. The summed E-state index contributed by atoms with van der Waals surface area (Å²) in [6.45, 7) is 6.21. The van der Waals surface area contributed by atoms with E-state index in [0.717, 1.165) is 12.0 Å². The van der Waals surface area contributed by atoms with Gasteiger partial charge in [0.05, 0.1) is 24.2 Å². The van der Waals surface area contributed by atoms with E-state index in [9.17, 15) is 19.5 Å². The largest absolute Gasteiger partial charge is 0.472 e. The molecule has 2 saturated heterocycles. The molecule has 3 aromatic heterocycles. The third-order valence-corrected chi connectivity index (χ3v) is 9.18. The number of hydrogen-bond donors (Lipinski definition) is 1. The quantitative estimate of drug-likeness (QED) is 0.214. The Kier molecular flexibility index (Phi) is 9.19. The van der Waals surface area contributed by atoms with Crippen molar-refractivity contribution in [3.8, 4) is 5.88 Å². The lowest BCUT2D eigenvalue weighted by atomic mass is 9.79. The minimum Gasteiger partial charge on any atom is -0.472 e. The van der Waals surface area contributed by atoms with E-state index in [1.54, 1.807) is 52.0 Å². The van der Waals surface area contributed by atoms with Crippen LogP contribution < -0.4 is 9.64 Å². The second-order valence-electron chi connectivity index (χ2n) is 13.6. The average molecular weight is 734 g/mol. The number of piperidine rings is 1. The van der Waals surface area contributed by atoms with Crippen LogP contribution in [-0.2, 0) is 30.7 Å². The Morgan fingerprint density at radius 2 is 1.86 bits per heavy atom. The zero-order chi connectivity index (χ0) is 37.0. The number of fused-ring (bicyclic) bond motifs is 3. The normalized spacial score (nSPS) is 22.7. The maximum atomic E-state index is 16.9. The minimum atomic E-state index is -4.28. The van der Waals surface area contributed by atoms with Crippen LogP contribution in [0, 0.1) is 5.92 Å². The fourth-order valence-corrected chi connectivity index (χ4v) is 6.66. The molecule has 4 aromatic rings. The zero-order valence-corrected chi connectivity index (χ0v) is 29.0. The first-order valence-corrected chi connectivity index (χ1v) is 16.5. The van der Waals surface area contributed by atoms with E-state index < -0.39 is 59.1 Å². The maximum absolute atomic E-state index is 16.9. The van der Waals surface area contributed by atoms with Crippen molar-refractivity contribution in [2.45, 2.75) is 69.9 Å². The molecule has 0 spiro atoms. The molecule has 5 heterocycles. The van der Waals surface area contributed by atoms with Gasteiger partial charge in [0.25, 0.3) is 0 Å². The molecule has 4 atom stereocenters. The molecule has 51 heavy (non-hydrogen) atoms. The number of nitrogens with zero attached hydrogens (tertiary/aromatic N) is 5. The number of rotatable bonds is 7. The summed E-state index contributed by atoms with van der Waals surface area (Å²) < 4.78 is 70.1. The number of furan rings is 1. The summed E-state index contributed by atoms with van der Waals surface area (Å²) in [6.07, 6.45) is -1.11. The van der Waals surface area contributed by atoms with Gasteiger partial charge in [0.15, 0.2) is 11.4 Å². The first-order valence-electron chi connectivity index (χ1n) is 16.1. The highest BCUT2D eigenvalue weighted by Crippen LogP contribution is 2.46. The van der Waals surface area contributed by atoms with Crippen LogP contribution in [0.25, 0.3) is 22.1 Å². The number of hydrogen-bond acceptors (Lipinski definition) is 11. The highest BCUT2D eigenvalue weighted by molar-refractivity contribution is 6.30. The number of esters is 2. The number of para-hydroxylation sites is 1. The molecule has 2 fully saturated rings. The molecule has 2 aliphatic rings. The van der Waals surface area contributed by atoms with Crippen LogP contribution in [0.3, 0.4) is 0 Å². The summed E-state index contributed by atoms with van der Waals surface area (Å²) in [4.78, 5) is 52.5. The SMILES string of the molecule is COC(=O)C(F)(F)c1nc(N2C[C@@H](Oc3ncc(Cl)cc3[C@@]3(F)CCN(C(=O)O)C[C@@H]3C)C[C@H]2C(=O)OC(C)(C)C)c2oc3ccccc3c2n1. The van der Waals surface area contributed by atoms with Crippen LogP contribution in [0.5, 0.6) is 5.88 Å². The molecule has 0 saturated carbocycles. The maximum Gasteiger partial charge on any atom is 0.407 e. The standard InChI is InChI=1S/C34H35ClF3N5O8/c1-17-15-42(31(46)47)11-10-33(17,36)21-12-18(35)14-39-27(21)49-19-13-22(28(44)51-32(2,3)4)43(16-19)26-25-24(20-8-6-7-9-23(20)50-25)40-29(41-26)34(37,38)30(45)48-5/h6-9,12,14,17,19,22H,10-11,13,15-16H2,1-5H3,(H,46,47)/t17-,19-,22-,33+/m0/s1. The predicted molar refractivity (Wildman–Crippen MR) is 177 cm³/mol. The number of methoxy groups -OCH3 is 1. The Morgan fingerprint density at radius 1 is 1.14 bits per heavy atom. The van der Waals surface area contributed by atoms with Crippen LogP contribution in [0.4, 0.5) is 23.8 Å². The molecule has 0 bridgehead atoms. The van der Waals surface area contributed by atoms with Crippen LogP contribution in [-0.4, -0.2) is 87.5 Å². The third kappa shape index (κ3) is 6.68. The Morgan fingerprint density at radius 3 is 2.53 bits per heavy atom. The van der Waals surface area contributed by atoms with Crippen LogP contribution in [0.1, 0.15) is 51.9 Å². The Labute approximate surface area is 294 Å². The highest BCUT2D eigenvalue weighted by atomic mass is 35.5. The smallest absolute Gasteiger partial charge is 0.407 e. The predicted octanol–water partition coefficient (Wildman–Crippen LogP) is 6.24. The highest BCUT2D eigenvalue weighted by Gasteiger charge is 2.50. The van der Waals surface area contributed by atoms with Crippen molar-refractivity contribution in [2.75, 3.05) is 31.6 Å². The molecular formula is C34H35ClF3N5O8. The summed E-state index contributed by atoms with van der Waals surface area (Å²) >= 11 is 6.27. The lowest BCUT2D eigenvalue weighted by Gasteiger charge is -2.41. The number of ether oxygens (including phenoxy) is 3. The Balaban J connectivity index is 1.44. The van der Waals surface area contributed by atoms with E-state index >= 15 is 13.2 Å². The summed E-state index contributed by atoms with van der Waals surface area (Å²) in [6, 6.07) is 6.71. The van der Waals surface area contributed by atoms with Crippen molar-refractivity contribution < 1.29 is 51.3 Å². The van der Waals surface area contributed by atoms with E-state index in [0.29, 0.717) is 5.39 Å². The number of halogens is 4. The number of carboxylic acid groups (broad SMARTS) is 1. The molecule has 6 rings (SSSR count). The average Bonchev–Trinajstić information content (AvgIpc) is 3.67. The van der Waals surface area contributed by atoms with E-state index in [1.807, 2.05) is 0 Å². The molecule has 0 unspecified atom stereocenters. The van der Waals surface area contributed by atoms with Crippen molar-refractivity contribution in [2.24, 2.45) is 5.92 Å². The van der Waals surface area contributed by atoms with Crippen molar-refractivity contribution >= 4 is 57.5 Å². The van der Waals surface area contributed by atoms with Crippen LogP contribution in [0.2, 0.25) is 5.02 Å². The molecular weight excluding hydrogens is 699 g/mol. The van der Waals surface area contributed by atoms with Crippen molar-refractivity contribution in [3.63, 3.8) is 0 Å². The van der Waals surface area contributed by atoms with Gasteiger partial charge in [-0.15, -0.1) is 0 Å². The molecule has 1 amide bonds. The Bertz CT molecular complexity index is 2020. The fourth-order valence-electron chi connectivity index (χ4n) is 6.50. The van der Waals surface area contributed by atoms with Crippen molar-refractivity contribution in [1.29, 1.82) is 0 Å². The molecule has 1 N–H and O–H groups in total. The Hall–Kier alpha value is -4.86. The summed E-state index contributed by atoms with van der Waals surface area (Å²) in [5, 5.41) is 9.95. The monoisotopic (exact) mass is 733 g/mol. The first-order chi connectivity index (χ1) is 23.9. The van der Waals surface area contributed by atoms with Gasteiger partial charge >= 0.3 is 24.0 Å². The van der Waals surface area contributed by atoms with Crippen molar-refractivity contribution in [1.82, 2.24) is 19.9 Å². The fraction of sp³-hybridized carbons (Fsp3) is 0.471. The van der Waals surface area contributed by atoms with Gasteiger partial charge in [-0.25, -0.2) is 33.7 Å². The molecule has 1 aromatic carbocycles.